The van der Waals surface area contributed by atoms with Gasteiger partial charge in [0.15, 0.2) is 9.84 Å². The second kappa shape index (κ2) is 5.64. The van der Waals surface area contributed by atoms with Crippen molar-refractivity contribution in [3.8, 4) is 5.75 Å². The lowest BCUT2D eigenvalue weighted by atomic mass is 10.3. The molecule has 0 atom stereocenters. The summed E-state index contributed by atoms with van der Waals surface area (Å²) in [5, 5.41) is 10.6. The van der Waals surface area contributed by atoms with Crippen LogP contribution in [0.25, 0.3) is 0 Å². The second-order valence-electron chi connectivity index (χ2n) is 4.02. The van der Waals surface area contributed by atoms with Crippen molar-refractivity contribution in [2.45, 2.75) is 10.6 Å². The number of benzene rings is 1. The Morgan fingerprint density at radius 2 is 2.10 bits per heavy atom. The highest BCUT2D eigenvalue weighted by atomic mass is 32.2. The molecular weight excluding hydrogens is 300 g/mol. The van der Waals surface area contributed by atoms with Gasteiger partial charge in [0.2, 0.25) is 0 Å². The summed E-state index contributed by atoms with van der Waals surface area (Å²) in [6, 6.07) is 7.63. The lowest BCUT2D eigenvalue weighted by Gasteiger charge is -2.06. The van der Waals surface area contributed by atoms with Gasteiger partial charge in [-0.3, -0.25) is 0 Å². The van der Waals surface area contributed by atoms with Crippen molar-refractivity contribution >= 4 is 27.1 Å². The van der Waals surface area contributed by atoms with Crippen LogP contribution in [0.15, 0.2) is 40.6 Å². The third-order valence-corrected chi connectivity index (χ3v) is 5.29. The van der Waals surface area contributed by atoms with E-state index in [2.05, 4.69) is 0 Å². The Morgan fingerprint density at radius 3 is 2.75 bits per heavy atom. The fourth-order valence-electron chi connectivity index (χ4n) is 1.72. The van der Waals surface area contributed by atoms with Gasteiger partial charge in [0.1, 0.15) is 10.6 Å². The largest absolute Gasteiger partial charge is 0.497 e. The molecule has 0 aliphatic rings. The molecule has 1 aromatic carbocycles. The van der Waals surface area contributed by atoms with Gasteiger partial charge in [-0.25, -0.2) is 13.2 Å². The zero-order valence-corrected chi connectivity index (χ0v) is 12.2. The van der Waals surface area contributed by atoms with Crippen molar-refractivity contribution in [3.05, 3.63) is 46.2 Å². The van der Waals surface area contributed by atoms with Crippen molar-refractivity contribution in [1.82, 2.24) is 0 Å². The molecule has 0 bridgehead atoms. The molecule has 7 heteroatoms. The van der Waals surface area contributed by atoms with Crippen LogP contribution in [0.5, 0.6) is 5.75 Å². The number of aromatic carboxylic acids is 1. The van der Waals surface area contributed by atoms with Crippen molar-refractivity contribution < 1.29 is 23.1 Å². The molecule has 0 unspecified atom stereocenters. The van der Waals surface area contributed by atoms with Crippen LogP contribution in [0.1, 0.15) is 15.2 Å². The van der Waals surface area contributed by atoms with Crippen molar-refractivity contribution in [3.63, 3.8) is 0 Å². The minimum absolute atomic E-state index is 0.0523. The summed E-state index contributed by atoms with van der Waals surface area (Å²) in [7, 11) is -2.16. The average Bonchev–Trinajstić information content (AvgIpc) is 2.86. The van der Waals surface area contributed by atoms with E-state index in [9.17, 15) is 13.2 Å². The quantitative estimate of drug-likeness (QED) is 0.917. The topological polar surface area (TPSA) is 80.7 Å². The summed E-state index contributed by atoms with van der Waals surface area (Å²) < 4.78 is 29.6. The molecule has 2 aromatic rings. The van der Waals surface area contributed by atoms with Gasteiger partial charge in [-0.2, -0.15) is 0 Å². The minimum atomic E-state index is -3.61. The van der Waals surface area contributed by atoms with E-state index in [0.29, 0.717) is 11.3 Å². The van der Waals surface area contributed by atoms with Gasteiger partial charge in [-0.15, -0.1) is 11.3 Å². The molecule has 0 spiro atoms. The standard InChI is InChI=1S/C13H12O5S2/c1-18-10-3-2-4-11(7-10)20(16,17)8-9-5-6-19-12(9)13(14)15/h2-7H,8H2,1H3,(H,14,15). The molecule has 0 radical (unpaired) electrons. The SMILES string of the molecule is COc1cccc(S(=O)(=O)Cc2ccsc2C(=O)O)c1. The minimum Gasteiger partial charge on any atom is -0.497 e. The fraction of sp³-hybridized carbons (Fsp3) is 0.154. The van der Waals surface area contributed by atoms with E-state index >= 15 is 0 Å². The Morgan fingerprint density at radius 1 is 1.35 bits per heavy atom. The number of carboxylic acid groups (broad SMARTS) is 1. The van der Waals surface area contributed by atoms with Gasteiger partial charge in [-0.05, 0) is 35.2 Å². The van der Waals surface area contributed by atoms with E-state index in [0.717, 1.165) is 11.3 Å². The number of ether oxygens (including phenoxy) is 1. The monoisotopic (exact) mass is 312 g/mol. The summed E-state index contributed by atoms with van der Waals surface area (Å²) in [6.45, 7) is 0. The van der Waals surface area contributed by atoms with E-state index in [1.54, 1.807) is 17.5 Å². The first kappa shape index (κ1) is 14.5. The predicted molar refractivity (Wildman–Crippen MR) is 75.2 cm³/mol. The third kappa shape index (κ3) is 3.00. The number of carbonyl (C=O) groups is 1. The zero-order valence-electron chi connectivity index (χ0n) is 10.6. The summed E-state index contributed by atoms with van der Waals surface area (Å²) in [5.74, 6) is -1.02. The smallest absolute Gasteiger partial charge is 0.346 e. The molecule has 0 amide bonds. The molecule has 0 saturated carbocycles. The van der Waals surface area contributed by atoms with Crippen molar-refractivity contribution in [2.75, 3.05) is 7.11 Å². The van der Waals surface area contributed by atoms with E-state index in [4.69, 9.17) is 9.84 Å². The van der Waals surface area contributed by atoms with E-state index < -0.39 is 15.8 Å². The molecular formula is C13H12O5S2. The molecule has 5 nitrogen and oxygen atoms in total. The molecule has 0 aliphatic heterocycles. The fourth-order valence-corrected chi connectivity index (χ4v) is 3.97. The lowest BCUT2D eigenvalue weighted by Crippen LogP contribution is -2.07. The molecule has 1 aromatic heterocycles. The van der Waals surface area contributed by atoms with Gasteiger partial charge in [0.25, 0.3) is 0 Å². The van der Waals surface area contributed by atoms with Gasteiger partial charge in [0, 0.05) is 0 Å². The first-order valence-electron chi connectivity index (χ1n) is 5.60. The maximum atomic E-state index is 12.3. The van der Waals surface area contributed by atoms with Gasteiger partial charge < -0.3 is 9.84 Å². The molecule has 1 N–H and O–H groups in total. The van der Waals surface area contributed by atoms with Crippen LogP contribution in [-0.2, 0) is 15.6 Å². The molecule has 106 valence electrons. The zero-order chi connectivity index (χ0) is 14.8. The van der Waals surface area contributed by atoms with Crippen LogP contribution in [0.2, 0.25) is 0 Å². The summed E-state index contributed by atoms with van der Waals surface area (Å²) >= 11 is 1.01. The predicted octanol–water partition coefficient (Wildman–Crippen LogP) is 2.43. The molecule has 2 rings (SSSR count). The Labute approximate surface area is 120 Å². The lowest BCUT2D eigenvalue weighted by molar-refractivity contribution is 0.0701. The van der Waals surface area contributed by atoms with Gasteiger partial charge in [-0.1, -0.05) is 6.07 Å². The highest BCUT2D eigenvalue weighted by molar-refractivity contribution is 7.90. The second-order valence-corrected chi connectivity index (χ2v) is 6.92. The maximum absolute atomic E-state index is 12.3. The first-order chi connectivity index (χ1) is 9.44. The Balaban J connectivity index is 2.35. The number of rotatable bonds is 5. The Kier molecular flexibility index (Phi) is 4.10. The normalized spacial score (nSPS) is 11.2. The third-order valence-electron chi connectivity index (χ3n) is 2.69. The van der Waals surface area contributed by atoms with Crippen molar-refractivity contribution in [2.24, 2.45) is 0 Å². The summed E-state index contributed by atoms with van der Waals surface area (Å²) in [5.41, 5.74) is 0.297. The number of hydrogen-bond acceptors (Lipinski definition) is 5. The maximum Gasteiger partial charge on any atom is 0.346 e. The molecule has 20 heavy (non-hydrogen) atoms. The van der Waals surface area contributed by atoms with E-state index in [1.807, 2.05) is 0 Å². The van der Waals surface area contributed by atoms with E-state index in [1.165, 1.54) is 25.3 Å². The Bertz CT molecular complexity index is 731. The highest BCUT2D eigenvalue weighted by Gasteiger charge is 2.21. The summed E-state index contributed by atoms with van der Waals surface area (Å²) in [6.07, 6.45) is 0. The molecule has 0 fully saturated rings. The molecule has 0 saturated heterocycles. The van der Waals surface area contributed by atoms with Crippen LogP contribution in [-0.4, -0.2) is 26.6 Å². The highest BCUT2D eigenvalue weighted by Crippen LogP contribution is 2.24. The number of sulfone groups is 1. The van der Waals surface area contributed by atoms with Crippen LogP contribution < -0.4 is 4.74 Å². The van der Waals surface area contributed by atoms with Gasteiger partial charge in [0.05, 0.1) is 17.8 Å². The van der Waals surface area contributed by atoms with E-state index in [-0.39, 0.29) is 15.5 Å². The summed E-state index contributed by atoms with van der Waals surface area (Å²) in [4.78, 5) is 11.2. The van der Waals surface area contributed by atoms with Crippen LogP contribution in [0.4, 0.5) is 0 Å². The van der Waals surface area contributed by atoms with Gasteiger partial charge >= 0.3 is 5.97 Å². The number of hydrogen-bond donors (Lipinski definition) is 1. The molecule has 1 heterocycles. The van der Waals surface area contributed by atoms with Crippen LogP contribution in [0.3, 0.4) is 0 Å². The number of thiophene rings is 1. The van der Waals surface area contributed by atoms with Crippen molar-refractivity contribution in [1.29, 1.82) is 0 Å². The molecule has 0 aliphatic carbocycles. The Hall–Kier alpha value is -1.86. The van der Waals surface area contributed by atoms with Crippen LogP contribution >= 0.6 is 11.3 Å². The average molecular weight is 312 g/mol. The first-order valence-corrected chi connectivity index (χ1v) is 8.13. The number of carboxylic acids is 1. The number of methoxy groups -OCH3 is 1. The van der Waals surface area contributed by atoms with Crippen LogP contribution in [0, 0.1) is 0 Å².